The van der Waals surface area contributed by atoms with Gasteiger partial charge in [0.05, 0.1) is 18.5 Å². The van der Waals surface area contributed by atoms with E-state index in [0.717, 1.165) is 5.56 Å². The maximum Gasteiger partial charge on any atom is 0.318 e. The van der Waals surface area contributed by atoms with Crippen LogP contribution in [0.4, 0.5) is 4.79 Å². The first-order valence-electron chi connectivity index (χ1n) is 5.13. The summed E-state index contributed by atoms with van der Waals surface area (Å²) in [6.07, 6.45) is 3.79. The van der Waals surface area contributed by atoms with Crippen LogP contribution in [0.3, 0.4) is 0 Å². The molecule has 2 rings (SSSR count). The molecule has 1 aromatic rings. The summed E-state index contributed by atoms with van der Waals surface area (Å²) in [6, 6.07) is 5.72. The van der Waals surface area contributed by atoms with Crippen molar-refractivity contribution >= 4 is 6.03 Å². The summed E-state index contributed by atoms with van der Waals surface area (Å²) in [4.78, 5) is 17.1. The van der Waals surface area contributed by atoms with E-state index in [2.05, 4.69) is 10.3 Å². The molecule has 1 unspecified atom stereocenters. The predicted octanol–water partition coefficient (Wildman–Crippen LogP) is 1.06. The van der Waals surface area contributed by atoms with Crippen LogP contribution in [0, 0.1) is 11.3 Å². The Morgan fingerprint density at radius 2 is 2.31 bits per heavy atom. The molecule has 2 heterocycles. The van der Waals surface area contributed by atoms with E-state index in [-0.39, 0.29) is 12.1 Å². The quantitative estimate of drug-likeness (QED) is 0.821. The fourth-order valence-electron chi connectivity index (χ4n) is 1.75. The first-order valence-corrected chi connectivity index (χ1v) is 5.13. The molecule has 1 fully saturated rings. The lowest BCUT2D eigenvalue weighted by Gasteiger charge is -2.12. The van der Waals surface area contributed by atoms with Gasteiger partial charge >= 0.3 is 6.03 Å². The van der Waals surface area contributed by atoms with Crippen molar-refractivity contribution in [2.24, 2.45) is 0 Å². The number of pyridine rings is 1. The summed E-state index contributed by atoms with van der Waals surface area (Å²) in [7, 11) is 0. The largest absolute Gasteiger partial charge is 0.329 e. The minimum absolute atomic E-state index is 0.00851. The number of nitrogens with one attached hydrogen (secondary N) is 1. The van der Waals surface area contributed by atoms with E-state index in [4.69, 9.17) is 5.26 Å². The summed E-state index contributed by atoms with van der Waals surface area (Å²) in [5, 5.41) is 11.4. The molecule has 0 radical (unpaired) electrons. The molecule has 82 valence electrons. The third kappa shape index (κ3) is 2.11. The number of hydrogen-bond donors (Lipinski definition) is 1. The lowest BCUT2D eigenvalue weighted by Crippen LogP contribution is -2.28. The van der Waals surface area contributed by atoms with Gasteiger partial charge in [-0.25, -0.2) is 4.79 Å². The predicted molar refractivity (Wildman–Crippen MR) is 57.3 cm³/mol. The number of nitriles is 1. The molecule has 5 nitrogen and oxygen atoms in total. The standard InChI is InChI=1S/C11H12N4O/c12-4-1-7-15-8-10(14-11(15)16)9-2-5-13-6-3-9/h2-3,5-6,10H,1,7-8H2,(H,14,16). The topological polar surface area (TPSA) is 69.0 Å². The number of urea groups is 1. The van der Waals surface area contributed by atoms with Crippen LogP contribution < -0.4 is 5.32 Å². The van der Waals surface area contributed by atoms with Gasteiger partial charge in [-0.2, -0.15) is 5.26 Å². The van der Waals surface area contributed by atoms with Crippen molar-refractivity contribution in [2.45, 2.75) is 12.5 Å². The van der Waals surface area contributed by atoms with E-state index < -0.39 is 0 Å². The minimum Gasteiger partial charge on any atom is -0.329 e. The molecule has 16 heavy (non-hydrogen) atoms. The number of hydrogen-bond acceptors (Lipinski definition) is 3. The van der Waals surface area contributed by atoms with Gasteiger partial charge < -0.3 is 10.2 Å². The first kappa shape index (κ1) is 10.4. The van der Waals surface area contributed by atoms with Gasteiger partial charge in [0.2, 0.25) is 0 Å². The second-order valence-electron chi connectivity index (χ2n) is 3.64. The average Bonchev–Trinajstić information content (AvgIpc) is 2.69. The zero-order valence-electron chi connectivity index (χ0n) is 8.76. The lowest BCUT2D eigenvalue weighted by molar-refractivity contribution is 0.218. The smallest absolute Gasteiger partial charge is 0.318 e. The van der Waals surface area contributed by atoms with E-state index in [1.165, 1.54) is 0 Å². The summed E-state index contributed by atoms with van der Waals surface area (Å²) in [5.41, 5.74) is 1.04. The van der Waals surface area contributed by atoms with Crippen LogP contribution in [0.1, 0.15) is 18.0 Å². The highest BCUT2D eigenvalue weighted by atomic mass is 16.2. The molecule has 0 aliphatic carbocycles. The molecule has 0 saturated carbocycles. The zero-order valence-corrected chi connectivity index (χ0v) is 8.76. The van der Waals surface area contributed by atoms with E-state index in [1.54, 1.807) is 17.3 Å². The Balaban J connectivity index is 2.02. The van der Waals surface area contributed by atoms with Crippen molar-refractivity contribution in [1.82, 2.24) is 15.2 Å². The van der Waals surface area contributed by atoms with E-state index in [1.807, 2.05) is 18.2 Å². The Morgan fingerprint density at radius 1 is 1.56 bits per heavy atom. The van der Waals surface area contributed by atoms with Gasteiger partial charge in [-0.15, -0.1) is 0 Å². The van der Waals surface area contributed by atoms with Crippen LogP contribution in [0.25, 0.3) is 0 Å². The third-order valence-corrected chi connectivity index (χ3v) is 2.59. The Hall–Kier alpha value is -2.09. The zero-order chi connectivity index (χ0) is 11.4. The number of aromatic nitrogens is 1. The van der Waals surface area contributed by atoms with Crippen molar-refractivity contribution in [3.05, 3.63) is 30.1 Å². The van der Waals surface area contributed by atoms with Crippen LogP contribution in [0.2, 0.25) is 0 Å². The second-order valence-corrected chi connectivity index (χ2v) is 3.64. The Morgan fingerprint density at radius 3 is 3.00 bits per heavy atom. The fourth-order valence-corrected chi connectivity index (χ4v) is 1.75. The number of nitrogens with zero attached hydrogens (tertiary/aromatic N) is 3. The van der Waals surface area contributed by atoms with Crippen molar-refractivity contribution < 1.29 is 4.79 Å². The number of carbonyl (C=O) groups is 1. The molecule has 0 bridgehead atoms. The van der Waals surface area contributed by atoms with Crippen LogP contribution in [-0.4, -0.2) is 29.0 Å². The van der Waals surface area contributed by atoms with Crippen LogP contribution in [0.5, 0.6) is 0 Å². The number of rotatable bonds is 3. The van der Waals surface area contributed by atoms with E-state index in [9.17, 15) is 4.79 Å². The normalized spacial score (nSPS) is 19.3. The Bertz CT molecular complexity index is 412. The number of carbonyl (C=O) groups excluding carboxylic acids is 1. The SMILES string of the molecule is N#CCCN1CC(c2ccncc2)NC1=O. The van der Waals surface area contributed by atoms with Crippen LogP contribution in [-0.2, 0) is 0 Å². The molecule has 1 atom stereocenters. The molecule has 1 saturated heterocycles. The van der Waals surface area contributed by atoms with Crippen molar-refractivity contribution in [1.29, 1.82) is 5.26 Å². The molecule has 0 aromatic carbocycles. The van der Waals surface area contributed by atoms with E-state index in [0.29, 0.717) is 19.5 Å². The minimum atomic E-state index is -0.0999. The summed E-state index contributed by atoms with van der Waals surface area (Å²) < 4.78 is 0. The van der Waals surface area contributed by atoms with Crippen molar-refractivity contribution in [2.75, 3.05) is 13.1 Å². The highest BCUT2D eigenvalue weighted by Crippen LogP contribution is 2.19. The van der Waals surface area contributed by atoms with Gasteiger partial charge in [0, 0.05) is 25.5 Å². The maximum atomic E-state index is 11.6. The van der Waals surface area contributed by atoms with Gasteiger partial charge in [-0.1, -0.05) is 0 Å². The molecule has 2 amide bonds. The molecule has 1 aromatic heterocycles. The molecule has 0 spiro atoms. The fraction of sp³-hybridized carbons (Fsp3) is 0.364. The van der Waals surface area contributed by atoms with Gasteiger partial charge in [0.15, 0.2) is 0 Å². The maximum absolute atomic E-state index is 11.6. The lowest BCUT2D eigenvalue weighted by atomic mass is 10.1. The molecule has 5 heteroatoms. The first-order chi connectivity index (χ1) is 7.81. The van der Waals surface area contributed by atoms with Gasteiger partial charge in [-0.05, 0) is 17.7 Å². The Kier molecular flexibility index (Phi) is 3.01. The van der Waals surface area contributed by atoms with E-state index >= 15 is 0 Å². The molecule has 1 aliphatic rings. The van der Waals surface area contributed by atoms with Gasteiger partial charge in [-0.3, -0.25) is 4.98 Å². The number of amides is 2. The third-order valence-electron chi connectivity index (χ3n) is 2.59. The van der Waals surface area contributed by atoms with Crippen molar-refractivity contribution in [3.63, 3.8) is 0 Å². The summed E-state index contributed by atoms with van der Waals surface area (Å²) >= 11 is 0. The van der Waals surface area contributed by atoms with Crippen LogP contribution in [0.15, 0.2) is 24.5 Å². The molecule has 1 aliphatic heterocycles. The monoisotopic (exact) mass is 216 g/mol. The molecular formula is C11H12N4O. The molecule has 1 N–H and O–H groups in total. The molecular weight excluding hydrogens is 204 g/mol. The Labute approximate surface area is 93.7 Å². The second kappa shape index (κ2) is 4.62. The van der Waals surface area contributed by atoms with Gasteiger partial charge in [0.25, 0.3) is 0 Å². The highest BCUT2D eigenvalue weighted by molar-refractivity contribution is 5.77. The van der Waals surface area contributed by atoms with Crippen LogP contribution >= 0.6 is 0 Å². The average molecular weight is 216 g/mol. The highest BCUT2D eigenvalue weighted by Gasteiger charge is 2.28. The summed E-state index contributed by atoms with van der Waals surface area (Å²) in [5.74, 6) is 0. The summed E-state index contributed by atoms with van der Waals surface area (Å²) in [6.45, 7) is 1.11. The van der Waals surface area contributed by atoms with Crippen molar-refractivity contribution in [3.8, 4) is 6.07 Å². The van der Waals surface area contributed by atoms with Gasteiger partial charge in [0.1, 0.15) is 0 Å².